The Hall–Kier alpha value is -3.55. The molecular formula is C24H19NO6. The van der Waals surface area contributed by atoms with E-state index < -0.39 is 41.9 Å². The van der Waals surface area contributed by atoms with Gasteiger partial charge in [-0.15, -0.1) is 0 Å². The number of hydrogen-bond acceptors (Lipinski definition) is 7. The highest BCUT2D eigenvalue weighted by Crippen LogP contribution is 2.50. The summed E-state index contributed by atoms with van der Waals surface area (Å²) >= 11 is 0. The van der Waals surface area contributed by atoms with Crippen LogP contribution in [0.3, 0.4) is 0 Å². The molecule has 7 nitrogen and oxygen atoms in total. The predicted octanol–water partition coefficient (Wildman–Crippen LogP) is 2.70. The Labute approximate surface area is 177 Å². The molecule has 3 heterocycles. The maximum atomic E-state index is 13.1. The first-order valence-corrected chi connectivity index (χ1v) is 9.93. The van der Waals surface area contributed by atoms with Crippen LogP contribution in [0.5, 0.6) is 11.5 Å². The summed E-state index contributed by atoms with van der Waals surface area (Å²) in [6, 6.07) is 16.8. The third-order valence-corrected chi connectivity index (χ3v) is 5.99. The zero-order chi connectivity index (χ0) is 21.5. The molecule has 2 aliphatic rings. The van der Waals surface area contributed by atoms with Crippen LogP contribution in [-0.4, -0.2) is 27.1 Å². The van der Waals surface area contributed by atoms with Gasteiger partial charge in [0.25, 0.3) is 0 Å². The largest absolute Gasteiger partial charge is 0.426 e. The van der Waals surface area contributed by atoms with Gasteiger partial charge in [0.15, 0.2) is 0 Å². The number of fused-ring (bicyclic) bond motifs is 2. The first kappa shape index (κ1) is 19.4. The quantitative estimate of drug-likeness (QED) is 0.499. The lowest BCUT2D eigenvalue weighted by Crippen LogP contribution is -2.44. The minimum absolute atomic E-state index is 0.279. The highest BCUT2D eigenvalue weighted by Gasteiger charge is 2.51. The van der Waals surface area contributed by atoms with E-state index in [1.807, 2.05) is 0 Å². The molecule has 2 aliphatic heterocycles. The second-order valence-electron chi connectivity index (χ2n) is 7.67. The van der Waals surface area contributed by atoms with Gasteiger partial charge in [-0.1, -0.05) is 36.4 Å². The van der Waals surface area contributed by atoms with Crippen LogP contribution < -0.4 is 9.47 Å². The van der Waals surface area contributed by atoms with Gasteiger partial charge in [0, 0.05) is 29.4 Å². The monoisotopic (exact) mass is 417 g/mol. The Bertz CT molecular complexity index is 1080. The van der Waals surface area contributed by atoms with Crippen molar-refractivity contribution in [1.82, 2.24) is 4.98 Å². The van der Waals surface area contributed by atoms with Crippen molar-refractivity contribution in [3.63, 3.8) is 0 Å². The van der Waals surface area contributed by atoms with E-state index in [1.165, 1.54) is 12.4 Å². The van der Waals surface area contributed by atoms with Crippen LogP contribution in [0.4, 0.5) is 0 Å². The molecule has 0 spiro atoms. The van der Waals surface area contributed by atoms with E-state index in [9.17, 15) is 19.8 Å². The van der Waals surface area contributed by atoms with Crippen LogP contribution in [0.2, 0.25) is 0 Å². The van der Waals surface area contributed by atoms with Crippen molar-refractivity contribution in [2.45, 2.75) is 18.1 Å². The summed E-state index contributed by atoms with van der Waals surface area (Å²) in [6.07, 6.45) is 0.608. The zero-order valence-electron chi connectivity index (χ0n) is 16.3. The van der Waals surface area contributed by atoms with E-state index in [2.05, 4.69) is 4.98 Å². The second-order valence-corrected chi connectivity index (χ2v) is 7.67. The van der Waals surface area contributed by atoms with E-state index in [-0.39, 0.29) is 11.5 Å². The van der Waals surface area contributed by atoms with Crippen LogP contribution in [0.15, 0.2) is 73.1 Å². The molecule has 156 valence electrons. The Morgan fingerprint density at radius 3 is 1.65 bits per heavy atom. The first-order chi connectivity index (χ1) is 15.1. The molecule has 2 aromatic carbocycles. The van der Waals surface area contributed by atoms with Gasteiger partial charge in [0.1, 0.15) is 11.5 Å². The highest BCUT2D eigenvalue weighted by molar-refractivity contribution is 5.84. The maximum absolute atomic E-state index is 13.1. The SMILES string of the molecule is O=C1Oc2ccccc2C(O)C1C(c1ccncc1)C1C(=O)Oc2ccccc2C1O. The summed E-state index contributed by atoms with van der Waals surface area (Å²) in [5.41, 5.74) is 1.46. The number of nitrogens with zero attached hydrogens (tertiary/aromatic N) is 1. The van der Waals surface area contributed by atoms with Gasteiger partial charge in [0.2, 0.25) is 0 Å². The number of ether oxygens (including phenoxy) is 2. The number of aliphatic hydroxyl groups is 2. The summed E-state index contributed by atoms with van der Waals surface area (Å²) in [5, 5.41) is 22.3. The molecule has 0 bridgehead atoms. The number of para-hydroxylation sites is 2. The molecule has 0 amide bonds. The molecule has 0 aliphatic carbocycles. The van der Waals surface area contributed by atoms with Gasteiger partial charge < -0.3 is 19.7 Å². The molecule has 31 heavy (non-hydrogen) atoms. The normalized spacial score (nSPS) is 25.6. The summed E-state index contributed by atoms with van der Waals surface area (Å²) in [4.78, 5) is 30.1. The average Bonchev–Trinajstić information content (AvgIpc) is 2.78. The van der Waals surface area contributed by atoms with Crippen LogP contribution in [0, 0.1) is 11.8 Å². The van der Waals surface area contributed by atoms with Crippen molar-refractivity contribution in [2.75, 3.05) is 0 Å². The van der Waals surface area contributed by atoms with Crippen LogP contribution in [0.25, 0.3) is 0 Å². The topological polar surface area (TPSA) is 106 Å². The van der Waals surface area contributed by atoms with E-state index in [1.54, 1.807) is 60.7 Å². The van der Waals surface area contributed by atoms with Gasteiger partial charge in [-0.3, -0.25) is 14.6 Å². The minimum Gasteiger partial charge on any atom is -0.426 e. The highest BCUT2D eigenvalue weighted by atomic mass is 16.5. The standard InChI is InChI=1S/C24H19NO6/c26-21-14-5-1-3-7-16(14)30-23(28)19(21)18(13-9-11-25-12-10-13)20-22(27)15-6-2-4-8-17(15)31-24(20)29/h1-12,18-22,26-27H. The molecule has 0 radical (unpaired) electrons. The number of esters is 2. The molecule has 2 N–H and O–H groups in total. The van der Waals surface area contributed by atoms with Crippen molar-refractivity contribution in [3.05, 3.63) is 89.7 Å². The van der Waals surface area contributed by atoms with Crippen LogP contribution in [0.1, 0.15) is 34.8 Å². The average molecular weight is 417 g/mol. The predicted molar refractivity (Wildman–Crippen MR) is 108 cm³/mol. The molecule has 5 rings (SSSR count). The Morgan fingerprint density at radius 2 is 1.16 bits per heavy atom. The third kappa shape index (κ3) is 3.19. The fraction of sp³-hybridized carbons (Fsp3) is 0.208. The molecule has 1 aromatic heterocycles. The maximum Gasteiger partial charge on any atom is 0.317 e. The van der Waals surface area contributed by atoms with Crippen LogP contribution in [-0.2, 0) is 9.59 Å². The summed E-state index contributed by atoms with van der Waals surface area (Å²) < 4.78 is 11.0. The van der Waals surface area contributed by atoms with Gasteiger partial charge >= 0.3 is 11.9 Å². The van der Waals surface area contributed by atoms with Gasteiger partial charge in [-0.25, -0.2) is 0 Å². The molecule has 7 heteroatoms. The third-order valence-electron chi connectivity index (χ3n) is 5.99. The second kappa shape index (κ2) is 7.61. The molecule has 4 atom stereocenters. The number of benzene rings is 2. The number of pyridine rings is 1. The zero-order valence-corrected chi connectivity index (χ0v) is 16.3. The van der Waals surface area contributed by atoms with Crippen molar-refractivity contribution >= 4 is 11.9 Å². The van der Waals surface area contributed by atoms with Gasteiger partial charge in [-0.2, -0.15) is 0 Å². The number of aromatic nitrogens is 1. The smallest absolute Gasteiger partial charge is 0.317 e. The van der Waals surface area contributed by atoms with Crippen molar-refractivity contribution in [1.29, 1.82) is 0 Å². The van der Waals surface area contributed by atoms with Crippen molar-refractivity contribution < 1.29 is 29.3 Å². The Morgan fingerprint density at radius 1 is 0.710 bits per heavy atom. The number of rotatable bonds is 3. The number of hydrogen-bond donors (Lipinski definition) is 2. The number of carbonyl (C=O) groups excluding carboxylic acids is 2. The fourth-order valence-electron chi connectivity index (χ4n) is 4.54. The molecule has 0 saturated carbocycles. The van der Waals surface area contributed by atoms with Crippen molar-refractivity contribution in [2.24, 2.45) is 11.8 Å². The lowest BCUT2D eigenvalue weighted by molar-refractivity contribution is -0.155. The van der Waals surface area contributed by atoms with E-state index in [0.717, 1.165) is 0 Å². The van der Waals surface area contributed by atoms with E-state index in [4.69, 9.17) is 9.47 Å². The Kier molecular flexibility index (Phi) is 4.77. The van der Waals surface area contributed by atoms with Crippen molar-refractivity contribution in [3.8, 4) is 11.5 Å². The number of carbonyl (C=O) groups is 2. The van der Waals surface area contributed by atoms with Crippen LogP contribution >= 0.6 is 0 Å². The first-order valence-electron chi connectivity index (χ1n) is 9.93. The molecule has 0 fully saturated rings. The minimum atomic E-state index is -1.23. The summed E-state index contributed by atoms with van der Waals surface area (Å²) in [7, 11) is 0. The lowest BCUT2D eigenvalue weighted by Gasteiger charge is -2.40. The van der Waals surface area contributed by atoms with Gasteiger partial charge in [-0.05, 0) is 29.8 Å². The molecular weight excluding hydrogens is 398 g/mol. The summed E-state index contributed by atoms with van der Waals surface area (Å²) in [6.45, 7) is 0. The molecule has 0 saturated heterocycles. The van der Waals surface area contributed by atoms with E-state index >= 15 is 0 Å². The summed E-state index contributed by atoms with van der Waals surface area (Å²) in [5.74, 6) is -3.96. The molecule has 3 aromatic rings. The van der Waals surface area contributed by atoms with Gasteiger partial charge in [0.05, 0.1) is 24.0 Å². The Balaban J connectivity index is 1.64. The van der Waals surface area contributed by atoms with E-state index in [0.29, 0.717) is 16.7 Å². The molecule has 4 unspecified atom stereocenters. The lowest BCUT2D eigenvalue weighted by atomic mass is 9.69. The fourth-order valence-corrected chi connectivity index (χ4v) is 4.54. The number of aliphatic hydroxyl groups excluding tert-OH is 2.